The first-order chi connectivity index (χ1) is 7.55. The highest BCUT2D eigenvalue weighted by molar-refractivity contribution is 5.78. The SMILES string of the molecule is CC(=O)NC1C2C3CCC(C3)C12NC(C)=O. The Morgan fingerprint density at radius 2 is 1.94 bits per heavy atom. The summed E-state index contributed by atoms with van der Waals surface area (Å²) < 4.78 is 0. The standard InChI is InChI=1S/C12H18N2O2/c1-6(15)13-11-10-8-3-4-9(5-8)12(10,11)14-7(2)16/h8-11H,3-5H2,1-2H3,(H,13,15)(H,14,16). The fourth-order valence-corrected chi connectivity index (χ4v) is 4.40. The maximum atomic E-state index is 11.3. The molecule has 2 N–H and O–H groups in total. The van der Waals surface area contributed by atoms with Gasteiger partial charge in [0.25, 0.3) is 0 Å². The van der Waals surface area contributed by atoms with Crippen molar-refractivity contribution in [1.82, 2.24) is 10.6 Å². The van der Waals surface area contributed by atoms with Crippen LogP contribution in [0.5, 0.6) is 0 Å². The molecule has 3 fully saturated rings. The number of fused-ring (bicyclic) bond motifs is 5. The van der Waals surface area contributed by atoms with E-state index < -0.39 is 0 Å². The van der Waals surface area contributed by atoms with Crippen LogP contribution in [0.1, 0.15) is 33.1 Å². The Morgan fingerprint density at radius 3 is 2.56 bits per heavy atom. The van der Waals surface area contributed by atoms with E-state index in [9.17, 15) is 9.59 Å². The third-order valence-corrected chi connectivity index (χ3v) is 4.72. The van der Waals surface area contributed by atoms with Gasteiger partial charge in [-0.1, -0.05) is 0 Å². The molecule has 5 unspecified atom stereocenters. The molecule has 0 radical (unpaired) electrons. The fraction of sp³-hybridized carbons (Fsp3) is 0.833. The Morgan fingerprint density at radius 1 is 1.19 bits per heavy atom. The zero-order valence-corrected chi connectivity index (χ0v) is 9.75. The summed E-state index contributed by atoms with van der Waals surface area (Å²) in [5.74, 6) is 1.85. The second-order valence-electron chi connectivity index (χ2n) is 5.59. The van der Waals surface area contributed by atoms with E-state index in [0.29, 0.717) is 17.8 Å². The van der Waals surface area contributed by atoms with Crippen LogP contribution in [-0.4, -0.2) is 23.4 Å². The molecule has 88 valence electrons. The minimum Gasteiger partial charge on any atom is -0.351 e. The predicted molar refractivity (Wildman–Crippen MR) is 58.5 cm³/mol. The molecule has 0 aromatic heterocycles. The van der Waals surface area contributed by atoms with Gasteiger partial charge in [-0.2, -0.15) is 0 Å². The Balaban J connectivity index is 1.83. The van der Waals surface area contributed by atoms with Crippen LogP contribution in [0.4, 0.5) is 0 Å². The summed E-state index contributed by atoms with van der Waals surface area (Å²) in [6.07, 6.45) is 3.71. The summed E-state index contributed by atoms with van der Waals surface area (Å²) in [4.78, 5) is 22.5. The molecule has 16 heavy (non-hydrogen) atoms. The minimum atomic E-state index is -0.0829. The second-order valence-corrected chi connectivity index (χ2v) is 5.59. The molecule has 0 aromatic rings. The van der Waals surface area contributed by atoms with E-state index in [1.165, 1.54) is 19.3 Å². The lowest BCUT2D eigenvalue weighted by molar-refractivity contribution is -0.122. The second kappa shape index (κ2) is 2.99. The lowest BCUT2D eigenvalue weighted by atomic mass is 9.94. The van der Waals surface area contributed by atoms with Crippen LogP contribution in [0.2, 0.25) is 0 Å². The molecule has 0 heterocycles. The predicted octanol–water partition coefficient (Wildman–Crippen LogP) is 0.426. The van der Waals surface area contributed by atoms with Crippen LogP contribution in [-0.2, 0) is 9.59 Å². The Labute approximate surface area is 95.2 Å². The van der Waals surface area contributed by atoms with Crippen molar-refractivity contribution in [3.05, 3.63) is 0 Å². The normalized spacial score (nSPS) is 47.4. The van der Waals surface area contributed by atoms with E-state index in [1.807, 2.05) is 0 Å². The van der Waals surface area contributed by atoms with Crippen molar-refractivity contribution in [2.45, 2.75) is 44.7 Å². The van der Waals surface area contributed by atoms with Gasteiger partial charge in [0.2, 0.25) is 11.8 Å². The highest BCUT2D eigenvalue weighted by atomic mass is 16.2. The van der Waals surface area contributed by atoms with Crippen molar-refractivity contribution < 1.29 is 9.59 Å². The molecule has 4 heteroatoms. The molecule has 2 amide bonds. The van der Waals surface area contributed by atoms with Gasteiger partial charge in [-0.3, -0.25) is 9.59 Å². The van der Waals surface area contributed by atoms with Crippen molar-refractivity contribution in [1.29, 1.82) is 0 Å². The molecule has 0 saturated heterocycles. The molecule has 0 aromatic carbocycles. The lowest BCUT2D eigenvalue weighted by Gasteiger charge is -2.24. The molecule has 3 saturated carbocycles. The number of rotatable bonds is 2. The zero-order chi connectivity index (χ0) is 11.5. The van der Waals surface area contributed by atoms with Crippen molar-refractivity contribution in [3.63, 3.8) is 0 Å². The van der Waals surface area contributed by atoms with Crippen molar-refractivity contribution in [2.24, 2.45) is 17.8 Å². The van der Waals surface area contributed by atoms with Gasteiger partial charge >= 0.3 is 0 Å². The third kappa shape index (κ3) is 1.10. The molecule has 3 aliphatic carbocycles. The summed E-state index contributed by atoms with van der Waals surface area (Å²) in [5.41, 5.74) is -0.0829. The van der Waals surface area contributed by atoms with Gasteiger partial charge in [0.1, 0.15) is 0 Å². The van der Waals surface area contributed by atoms with Crippen LogP contribution in [0, 0.1) is 17.8 Å². The topological polar surface area (TPSA) is 58.2 Å². The Kier molecular flexibility index (Phi) is 1.89. The molecule has 0 spiro atoms. The molecular weight excluding hydrogens is 204 g/mol. The van der Waals surface area contributed by atoms with E-state index in [4.69, 9.17) is 0 Å². The average Bonchev–Trinajstić information content (AvgIpc) is 2.59. The van der Waals surface area contributed by atoms with Gasteiger partial charge in [-0.05, 0) is 31.1 Å². The quantitative estimate of drug-likeness (QED) is 0.711. The largest absolute Gasteiger partial charge is 0.351 e. The van der Waals surface area contributed by atoms with Gasteiger partial charge in [0, 0.05) is 19.8 Å². The van der Waals surface area contributed by atoms with Crippen molar-refractivity contribution >= 4 is 11.8 Å². The van der Waals surface area contributed by atoms with Crippen LogP contribution in [0.15, 0.2) is 0 Å². The molecular formula is C12H18N2O2. The summed E-state index contributed by atoms with van der Waals surface area (Å²) in [5, 5.41) is 6.14. The van der Waals surface area contributed by atoms with Gasteiger partial charge in [0.15, 0.2) is 0 Å². The van der Waals surface area contributed by atoms with E-state index in [-0.39, 0.29) is 23.4 Å². The van der Waals surface area contributed by atoms with Gasteiger partial charge in [-0.25, -0.2) is 0 Å². The number of hydrogen-bond donors (Lipinski definition) is 2. The highest BCUT2D eigenvalue weighted by Gasteiger charge is 2.77. The number of nitrogens with one attached hydrogen (secondary N) is 2. The maximum absolute atomic E-state index is 11.3. The highest BCUT2D eigenvalue weighted by Crippen LogP contribution is 2.68. The van der Waals surface area contributed by atoms with E-state index in [2.05, 4.69) is 10.6 Å². The smallest absolute Gasteiger partial charge is 0.217 e. The molecule has 3 aliphatic rings. The van der Waals surface area contributed by atoms with Gasteiger partial charge in [0.05, 0.1) is 11.6 Å². The molecule has 0 aliphatic heterocycles. The number of hydrogen-bond acceptors (Lipinski definition) is 2. The molecule has 4 nitrogen and oxygen atoms in total. The minimum absolute atomic E-state index is 0.0172. The monoisotopic (exact) mass is 222 g/mol. The first kappa shape index (κ1) is 10.1. The number of amides is 2. The Bertz CT molecular complexity index is 368. The van der Waals surface area contributed by atoms with E-state index >= 15 is 0 Å². The number of carbonyl (C=O) groups excluding carboxylic acids is 2. The molecule has 5 atom stereocenters. The third-order valence-electron chi connectivity index (χ3n) is 4.72. The van der Waals surface area contributed by atoms with Crippen molar-refractivity contribution in [2.75, 3.05) is 0 Å². The zero-order valence-electron chi connectivity index (χ0n) is 9.75. The van der Waals surface area contributed by atoms with Gasteiger partial charge in [-0.15, -0.1) is 0 Å². The fourth-order valence-electron chi connectivity index (χ4n) is 4.40. The van der Waals surface area contributed by atoms with E-state index in [1.54, 1.807) is 13.8 Å². The van der Waals surface area contributed by atoms with Crippen molar-refractivity contribution in [3.8, 4) is 0 Å². The summed E-state index contributed by atoms with van der Waals surface area (Å²) in [7, 11) is 0. The average molecular weight is 222 g/mol. The first-order valence-electron chi connectivity index (χ1n) is 6.11. The Hall–Kier alpha value is -1.06. The van der Waals surface area contributed by atoms with Gasteiger partial charge < -0.3 is 10.6 Å². The van der Waals surface area contributed by atoms with Crippen LogP contribution >= 0.6 is 0 Å². The summed E-state index contributed by atoms with van der Waals surface area (Å²) in [6.45, 7) is 3.12. The summed E-state index contributed by atoms with van der Waals surface area (Å²) >= 11 is 0. The lowest BCUT2D eigenvalue weighted by Crippen LogP contribution is -2.47. The van der Waals surface area contributed by atoms with Crippen LogP contribution in [0.25, 0.3) is 0 Å². The molecule has 3 rings (SSSR count). The maximum Gasteiger partial charge on any atom is 0.217 e. The van der Waals surface area contributed by atoms with Crippen LogP contribution < -0.4 is 10.6 Å². The summed E-state index contributed by atoms with van der Waals surface area (Å²) in [6, 6.07) is 0.195. The molecule has 2 bridgehead atoms. The van der Waals surface area contributed by atoms with E-state index in [0.717, 1.165) is 0 Å². The number of carbonyl (C=O) groups is 2. The first-order valence-corrected chi connectivity index (χ1v) is 6.11. The van der Waals surface area contributed by atoms with Crippen LogP contribution in [0.3, 0.4) is 0 Å².